The second-order valence-corrected chi connectivity index (χ2v) is 8.16. The van der Waals surface area contributed by atoms with Gasteiger partial charge in [0.2, 0.25) is 0 Å². The summed E-state index contributed by atoms with van der Waals surface area (Å²) in [6, 6.07) is 8.00. The topological polar surface area (TPSA) is 103 Å². The summed E-state index contributed by atoms with van der Waals surface area (Å²) < 4.78 is 0. The van der Waals surface area contributed by atoms with Gasteiger partial charge in [-0.1, -0.05) is 19.1 Å². The van der Waals surface area contributed by atoms with Crippen molar-refractivity contribution in [2.24, 2.45) is 0 Å². The fourth-order valence-corrected chi connectivity index (χ4v) is 4.08. The first-order valence-electron chi connectivity index (χ1n) is 10.9. The molecule has 0 aromatic carbocycles. The summed E-state index contributed by atoms with van der Waals surface area (Å²) in [5, 5.41) is 8.09. The van der Waals surface area contributed by atoms with Gasteiger partial charge in [0.05, 0.1) is 11.0 Å². The molecule has 32 heavy (non-hydrogen) atoms. The maximum atomic E-state index is 12.1. The van der Waals surface area contributed by atoms with Gasteiger partial charge < -0.3 is 9.97 Å². The van der Waals surface area contributed by atoms with Crippen LogP contribution in [0.3, 0.4) is 0 Å². The molecule has 0 fully saturated rings. The highest BCUT2D eigenvalue weighted by molar-refractivity contribution is 5.75. The zero-order valence-corrected chi connectivity index (χ0v) is 18.2. The van der Waals surface area contributed by atoms with Crippen LogP contribution in [0.25, 0.3) is 28.1 Å². The summed E-state index contributed by atoms with van der Waals surface area (Å²) in [6.07, 6.45) is 7.74. The van der Waals surface area contributed by atoms with Gasteiger partial charge in [-0.05, 0) is 54.7 Å². The van der Waals surface area contributed by atoms with Crippen LogP contribution in [-0.4, -0.2) is 48.1 Å². The molecule has 5 rings (SSSR count). The molecule has 0 saturated heterocycles. The first kappa shape index (κ1) is 20.3. The molecule has 0 amide bonds. The van der Waals surface area contributed by atoms with Crippen molar-refractivity contribution in [1.29, 1.82) is 0 Å². The van der Waals surface area contributed by atoms with Crippen molar-refractivity contribution in [1.82, 2.24) is 35.0 Å². The summed E-state index contributed by atoms with van der Waals surface area (Å²) in [4.78, 5) is 29.7. The zero-order chi connectivity index (χ0) is 22.1. The Morgan fingerprint density at radius 3 is 2.69 bits per heavy atom. The Bertz CT molecular complexity index is 1350. The molecule has 8 nitrogen and oxygen atoms in total. The number of aromatic nitrogens is 6. The van der Waals surface area contributed by atoms with Gasteiger partial charge in [-0.3, -0.25) is 19.7 Å². The molecule has 5 heterocycles. The van der Waals surface area contributed by atoms with Gasteiger partial charge >= 0.3 is 0 Å². The molecule has 1 aliphatic rings. The Balaban J connectivity index is 1.26. The van der Waals surface area contributed by atoms with Crippen molar-refractivity contribution in [2.75, 3.05) is 13.1 Å². The molecule has 0 bridgehead atoms. The zero-order valence-electron chi connectivity index (χ0n) is 18.2. The Morgan fingerprint density at radius 2 is 2.00 bits per heavy atom. The molecule has 2 N–H and O–H groups in total. The molecule has 4 aromatic rings. The third kappa shape index (κ3) is 4.09. The minimum atomic E-state index is -0.0254. The first-order chi connectivity index (χ1) is 15.6. The second kappa shape index (κ2) is 8.47. The monoisotopic (exact) mass is 427 g/mol. The summed E-state index contributed by atoms with van der Waals surface area (Å²) in [6.45, 7) is 6.47. The Kier molecular flexibility index (Phi) is 5.36. The number of nitrogens with one attached hydrogen (secondary N) is 2. The Morgan fingerprint density at radius 1 is 1.09 bits per heavy atom. The van der Waals surface area contributed by atoms with E-state index in [0.717, 1.165) is 65.3 Å². The molecular formula is C24H25N7O. The largest absolute Gasteiger partial charge is 0.324 e. The number of nitrogens with zero attached hydrogens (tertiary/aromatic N) is 5. The van der Waals surface area contributed by atoms with Crippen LogP contribution in [0.1, 0.15) is 35.9 Å². The summed E-state index contributed by atoms with van der Waals surface area (Å²) in [5.74, 6) is 1.47. The lowest BCUT2D eigenvalue weighted by Gasteiger charge is -2.26. The van der Waals surface area contributed by atoms with E-state index in [2.05, 4.69) is 47.2 Å². The lowest BCUT2D eigenvalue weighted by atomic mass is 10.0. The van der Waals surface area contributed by atoms with E-state index in [0.29, 0.717) is 12.2 Å². The van der Waals surface area contributed by atoms with E-state index in [-0.39, 0.29) is 5.56 Å². The van der Waals surface area contributed by atoms with Gasteiger partial charge in [0.1, 0.15) is 11.5 Å². The second-order valence-electron chi connectivity index (χ2n) is 8.16. The summed E-state index contributed by atoms with van der Waals surface area (Å²) in [5.41, 5.74) is 6.72. The summed E-state index contributed by atoms with van der Waals surface area (Å²) >= 11 is 0. The van der Waals surface area contributed by atoms with Crippen LogP contribution in [0.4, 0.5) is 0 Å². The van der Waals surface area contributed by atoms with Crippen LogP contribution in [0, 0.1) is 6.92 Å². The maximum absolute atomic E-state index is 12.1. The molecule has 0 saturated carbocycles. The minimum absolute atomic E-state index is 0.0254. The van der Waals surface area contributed by atoms with Crippen molar-refractivity contribution >= 4 is 16.6 Å². The number of rotatable bonds is 5. The van der Waals surface area contributed by atoms with E-state index in [1.54, 1.807) is 0 Å². The number of hydrogen-bond donors (Lipinski definition) is 2. The number of hydrogen-bond acceptors (Lipinski definition) is 6. The maximum Gasteiger partial charge on any atom is 0.251 e. The van der Waals surface area contributed by atoms with Crippen LogP contribution in [0.15, 0.2) is 47.5 Å². The van der Waals surface area contributed by atoms with E-state index < -0.39 is 0 Å². The van der Waals surface area contributed by atoms with Gasteiger partial charge in [-0.2, -0.15) is 0 Å². The van der Waals surface area contributed by atoms with Crippen molar-refractivity contribution in [3.05, 3.63) is 75.6 Å². The SMILES string of the molecule is CCc1cc2ncc(CN3CC=C(c4ccc(-c5nnc(C)[nH]5)nc4)CC3)cc2[nH]c1=O. The lowest BCUT2D eigenvalue weighted by Crippen LogP contribution is -2.28. The molecule has 1 aliphatic heterocycles. The Hall–Kier alpha value is -3.65. The average molecular weight is 428 g/mol. The number of aryl methyl sites for hydroxylation is 2. The van der Waals surface area contributed by atoms with E-state index in [9.17, 15) is 4.79 Å². The van der Waals surface area contributed by atoms with Crippen LogP contribution in [0.2, 0.25) is 0 Å². The van der Waals surface area contributed by atoms with Crippen LogP contribution in [0.5, 0.6) is 0 Å². The smallest absolute Gasteiger partial charge is 0.251 e. The van der Waals surface area contributed by atoms with Crippen LogP contribution >= 0.6 is 0 Å². The predicted octanol–water partition coefficient (Wildman–Crippen LogP) is 3.26. The van der Waals surface area contributed by atoms with Crippen molar-refractivity contribution in [2.45, 2.75) is 33.2 Å². The van der Waals surface area contributed by atoms with Crippen molar-refractivity contribution < 1.29 is 0 Å². The van der Waals surface area contributed by atoms with Gasteiger partial charge in [-0.25, -0.2) is 0 Å². The quantitative estimate of drug-likeness (QED) is 0.507. The van der Waals surface area contributed by atoms with Gasteiger partial charge in [0.25, 0.3) is 5.56 Å². The third-order valence-corrected chi connectivity index (χ3v) is 5.88. The van der Waals surface area contributed by atoms with Crippen molar-refractivity contribution in [3.8, 4) is 11.5 Å². The lowest BCUT2D eigenvalue weighted by molar-refractivity contribution is 0.293. The third-order valence-electron chi connectivity index (χ3n) is 5.88. The minimum Gasteiger partial charge on any atom is -0.324 e. The van der Waals surface area contributed by atoms with E-state index >= 15 is 0 Å². The highest BCUT2D eigenvalue weighted by Gasteiger charge is 2.15. The molecule has 0 unspecified atom stereocenters. The van der Waals surface area contributed by atoms with E-state index in [4.69, 9.17) is 0 Å². The Labute approximate surface area is 185 Å². The van der Waals surface area contributed by atoms with E-state index in [1.807, 2.05) is 44.4 Å². The number of fused-ring (bicyclic) bond motifs is 1. The fourth-order valence-electron chi connectivity index (χ4n) is 4.08. The summed E-state index contributed by atoms with van der Waals surface area (Å²) in [7, 11) is 0. The standard InChI is InChI=1S/C24H25N7O/c1-3-17-11-21-22(28-24(17)32)10-16(12-25-21)14-31-8-6-18(7-9-31)19-4-5-20(26-13-19)23-27-15(2)29-30-23/h4-6,10-13H,3,7-9,14H2,1-2H3,(H,28,32)(H,27,29,30). The number of aromatic amines is 2. The number of pyridine rings is 3. The van der Waals surface area contributed by atoms with Gasteiger partial charge in [-0.15, -0.1) is 10.2 Å². The fraction of sp³-hybridized carbons (Fsp3) is 0.292. The van der Waals surface area contributed by atoms with Gasteiger partial charge in [0, 0.05) is 37.6 Å². The normalized spacial score (nSPS) is 14.6. The molecule has 0 atom stereocenters. The molecule has 0 radical (unpaired) electrons. The van der Waals surface area contributed by atoms with E-state index in [1.165, 1.54) is 5.57 Å². The molecule has 162 valence electrons. The highest BCUT2D eigenvalue weighted by Crippen LogP contribution is 2.24. The predicted molar refractivity (Wildman–Crippen MR) is 124 cm³/mol. The van der Waals surface area contributed by atoms with Crippen LogP contribution < -0.4 is 5.56 Å². The molecule has 4 aromatic heterocycles. The molecule has 0 aliphatic carbocycles. The highest BCUT2D eigenvalue weighted by atomic mass is 16.1. The average Bonchev–Trinajstić information content (AvgIpc) is 3.25. The van der Waals surface area contributed by atoms with Crippen LogP contribution in [-0.2, 0) is 13.0 Å². The molecular weight excluding hydrogens is 402 g/mol. The van der Waals surface area contributed by atoms with Gasteiger partial charge in [0.15, 0.2) is 5.82 Å². The molecule has 0 spiro atoms. The van der Waals surface area contributed by atoms with Crippen molar-refractivity contribution in [3.63, 3.8) is 0 Å². The first-order valence-corrected chi connectivity index (χ1v) is 10.9. The molecule has 8 heteroatoms. The number of H-pyrrole nitrogens is 2.